The summed E-state index contributed by atoms with van der Waals surface area (Å²) in [7, 11) is 0. The molecule has 220 valence electrons. The molecule has 0 N–H and O–H groups in total. The average Bonchev–Trinajstić information content (AvgIpc) is 3.70. The van der Waals surface area contributed by atoms with Crippen molar-refractivity contribution in [2.45, 2.75) is 0 Å². The lowest BCUT2D eigenvalue weighted by molar-refractivity contribution is 0.669. The van der Waals surface area contributed by atoms with E-state index in [-0.39, 0.29) is 0 Å². The van der Waals surface area contributed by atoms with E-state index in [4.69, 9.17) is 8.83 Å². The Kier molecular flexibility index (Phi) is 5.57. The topological polar surface area (TPSA) is 29.5 Å². The summed E-state index contributed by atoms with van der Waals surface area (Å²) in [5, 5.41) is 9.22. The summed E-state index contributed by atoms with van der Waals surface area (Å²) in [6.07, 6.45) is 0. The van der Waals surface area contributed by atoms with Crippen LogP contribution in [-0.4, -0.2) is 0 Å². The van der Waals surface area contributed by atoms with E-state index in [0.29, 0.717) is 0 Å². The third kappa shape index (κ3) is 4.07. The van der Waals surface area contributed by atoms with Crippen molar-refractivity contribution in [1.82, 2.24) is 0 Å². The van der Waals surface area contributed by atoms with Crippen LogP contribution in [-0.2, 0) is 0 Å². The van der Waals surface area contributed by atoms with Crippen LogP contribution in [0.5, 0.6) is 0 Å². The molecule has 0 bridgehead atoms. The summed E-state index contributed by atoms with van der Waals surface area (Å²) in [4.78, 5) is 2.34. The molecular weight excluding hydrogens is 574 g/mol. The molecule has 0 atom stereocenters. The van der Waals surface area contributed by atoms with E-state index >= 15 is 0 Å². The lowest BCUT2D eigenvalue weighted by Crippen LogP contribution is -2.10. The molecule has 10 aromatic rings. The maximum atomic E-state index is 6.49. The van der Waals surface area contributed by atoms with Crippen LogP contribution in [0.15, 0.2) is 173 Å². The predicted molar refractivity (Wildman–Crippen MR) is 196 cm³/mol. The Labute approximate surface area is 270 Å². The average molecular weight is 602 g/mol. The van der Waals surface area contributed by atoms with E-state index in [1.165, 1.54) is 16.2 Å². The first kappa shape index (κ1) is 26.0. The molecular formula is C44H27NO2. The first-order valence-corrected chi connectivity index (χ1v) is 15.9. The molecule has 8 aromatic carbocycles. The van der Waals surface area contributed by atoms with Gasteiger partial charge in [0.05, 0.1) is 0 Å². The molecule has 3 nitrogen and oxygen atoms in total. The number of anilines is 3. The van der Waals surface area contributed by atoms with Gasteiger partial charge in [0.15, 0.2) is 0 Å². The van der Waals surface area contributed by atoms with Crippen molar-refractivity contribution in [1.29, 1.82) is 0 Å². The van der Waals surface area contributed by atoms with Crippen molar-refractivity contribution in [3.8, 4) is 11.1 Å². The Morgan fingerprint density at radius 3 is 1.79 bits per heavy atom. The summed E-state index contributed by atoms with van der Waals surface area (Å²) < 4.78 is 12.9. The van der Waals surface area contributed by atoms with E-state index in [2.05, 4.69) is 150 Å². The highest BCUT2D eigenvalue weighted by atomic mass is 16.3. The zero-order valence-corrected chi connectivity index (χ0v) is 25.4. The van der Waals surface area contributed by atoms with Gasteiger partial charge in [0.1, 0.15) is 22.3 Å². The lowest BCUT2D eigenvalue weighted by atomic mass is 9.94. The minimum Gasteiger partial charge on any atom is -0.456 e. The van der Waals surface area contributed by atoms with Gasteiger partial charge in [-0.3, -0.25) is 0 Å². The first-order valence-electron chi connectivity index (χ1n) is 15.9. The van der Waals surface area contributed by atoms with Crippen LogP contribution in [0.1, 0.15) is 0 Å². The quantitative estimate of drug-likeness (QED) is 0.201. The Hall–Kier alpha value is -6.32. The molecule has 0 saturated heterocycles. The van der Waals surface area contributed by atoms with Gasteiger partial charge < -0.3 is 13.7 Å². The van der Waals surface area contributed by atoms with Gasteiger partial charge in [-0.25, -0.2) is 0 Å². The highest BCUT2D eigenvalue weighted by Gasteiger charge is 2.20. The fraction of sp³-hybridized carbons (Fsp3) is 0. The molecule has 2 aromatic heterocycles. The van der Waals surface area contributed by atoms with Gasteiger partial charge in [0.2, 0.25) is 0 Å². The van der Waals surface area contributed by atoms with Crippen molar-refractivity contribution in [2.24, 2.45) is 0 Å². The van der Waals surface area contributed by atoms with Crippen LogP contribution in [0.2, 0.25) is 0 Å². The normalized spacial score (nSPS) is 11.8. The Balaban J connectivity index is 1.27. The van der Waals surface area contributed by atoms with Crippen molar-refractivity contribution < 1.29 is 8.83 Å². The number of hydrogen-bond acceptors (Lipinski definition) is 3. The van der Waals surface area contributed by atoms with Gasteiger partial charge in [-0.05, 0) is 87.3 Å². The van der Waals surface area contributed by atoms with Crippen LogP contribution in [0.3, 0.4) is 0 Å². The standard InChI is InChI=1S/C44H27NO2/c1-2-11-29(12-3-1)38-27-43-44(37-15-7-9-17-41(37)47-43)39-25-32(20-22-34(38)39)45(31-19-18-28-10-4-5-13-30(28)24-31)33-21-23-36-35-14-6-8-16-40(35)46-42(36)26-33/h1-27H. The number of rotatable bonds is 4. The Bertz CT molecular complexity index is 2810. The summed E-state index contributed by atoms with van der Waals surface area (Å²) >= 11 is 0. The minimum absolute atomic E-state index is 0.866. The molecule has 0 fully saturated rings. The van der Waals surface area contributed by atoms with Crippen molar-refractivity contribution >= 4 is 82.5 Å². The van der Waals surface area contributed by atoms with Gasteiger partial charge in [-0.2, -0.15) is 0 Å². The molecule has 0 aliphatic heterocycles. The zero-order chi connectivity index (χ0) is 30.9. The summed E-state index contributed by atoms with van der Waals surface area (Å²) in [5.74, 6) is 0. The third-order valence-corrected chi connectivity index (χ3v) is 9.42. The highest BCUT2D eigenvalue weighted by molar-refractivity contribution is 6.22. The van der Waals surface area contributed by atoms with E-state index in [9.17, 15) is 0 Å². The van der Waals surface area contributed by atoms with Crippen LogP contribution >= 0.6 is 0 Å². The molecule has 0 radical (unpaired) electrons. The van der Waals surface area contributed by atoms with E-state index in [1.807, 2.05) is 18.2 Å². The van der Waals surface area contributed by atoms with Crippen LogP contribution in [0.4, 0.5) is 17.1 Å². The monoisotopic (exact) mass is 601 g/mol. The molecule has 0 amide bonds. The van der Waals surface area contributed by atoms with Crippen molar-refractivity contribution in [2.75, 3.05) is 4.90 Å². The van der Waals surface area contributed by atoms with Crippen molar-refractivity contribution in [3.05, 3.63) is 164 Å². The number of nitrogens with zero attached hydrogens (tertiary/aromatic N) is 1. The second-order valence-corrected chi connectivity index (χ2v) is 12.1. The van der Waals surface area contributed by atoms with Crippen molar-refractivity contribution in [3.63, 3.8) is 0 Å². The third-order valence-electron chi connectivity index (χ3n) is 9.42. The van der Waals surface area contributed by atoms with Crippen LogP contribution in [0.25, 0.3) is 76.5 Å². The van der Waals surface area contributed by atoms with Crippen LogP contribution < -0.4 is 4.90 Å². The molecule has 0 spiro atoms. The molecule has 2 heterocycles. The van der Waals surface area contributed by atoms with E-state index in [0.717, 1.165) is 77.5 Å². The Morgan fingerprint density at radius 1 is 0.340 bits per heavy atom. The van der Waals surface area contributed by atoms with E-state index < -0.39 is 0 Å². The zero-order valence-electron chi connectivity index (χ0n) is 25.4. The summed E-state index contributed by atoms with van der Waals surface area (Å²) in [6, 6.07) is 57.9. The Morgan fingerprint density at radius 2 is 0.936 bits per heavy atom. The van der Waals surface area contributed by atoms with Crippen LogP contribution in [0, 0.1) is 0 Å². The molecule has 10 rings (SSSR count). The van der Waals surface area contributed by atoms with Gasteiger partial charge >= 0.3 is 0 Å². The predicted octanol–water partition coefficient (Wildman–Crippen LogP) is 12.9. The van der Waals surface area contributed by atoms with Gasteiger partial charge in [0, 0.05) is 44.7 Å². The molecule has 3 heteroatoms. The summed E-state index contributed by atoms with van der Waals surface area (Å²) in [5.41, 5.74) is 9.01. The lowest BCUT2D eigenvalue weighted by Gasteiger charge is -2.26. The van der Waals surface area contributed by atoms with Gasteiger partial charge in [0.25, 0.3) is 0 Å². The van der Waals surface area contributed by atoms with Gasteiger partial charge in [-0.15, -0.1) is 0 Å². The maximum Gasteiger partial charge on any atom is 0.137 e. The largest absolute Gasteiger partial charge is 0.456 e. The second kappa shape index (κ2) is 10.1. The SMILES string of the molecule is c1ccc(-c2cc3oc4ccccc4c3c3cc(N(c4ccc5ccccc5c4)c4ccc5c(c4)oc4ccccc45)ccc23)cc1. The smallest absolute Gasteiger partial charge is 0.137 e. The number of para-hydroxylation sites is 2. The van der Waals surface area contributed by atoms with E-state index in [1.54, 1.807) is 0 Å². The number of benzene rings is 8. The molecule has 0 saturated carbocycles. The molecule has 0 unspecified atom stereocenters. The second-order valence-electron chi connectivity index (χ2n) is 12.1. The minimum atomic E-state index is 0.866. The molecule has 47 heavy (non-hydrogen) atoms. The maximum absolute atomic E-state index is 6.49. The molecule has 0 aliphatic rings. The molecule has 0 aliphatic carbocycles. The highest BCUT2D eigenvalue weighted by Crippen LogP contribution is 2.44. The first-order chi connectivity index (χ1) is 23.3. The fourth-order valence-electron chi connectivity index (χ4n) is 7.24. The summed E-state index contributed by atoms with van der Waals surface area (Å²) in [6.45, 7) is 0. The number of hydrogen-bond donors (Lipinski definition) is 0. The van der Waals surface area contributed by atoms with Gasteiger partial charge in [-0.1, -0.05) is 103 Å². The number of fused-ring (bicyclic) bond motifs is 9. The number of furan rings is 2. The fourth-order valence-corrected chi connectivity index (χ4v) is 7.24.